The summed E-state index contributed by atoms with van der Waals surface area (Å²) in [6.45, 7) is 5.08. The smallest absolute Gasteiger partial charge is 0.319 e. The van der Waals surface area contributed by atoms with E-state index in [1.807, 2.05) is 18.2 Å². The summed E-state index contributed by atoms with van der Waals surface area (Å²) in [6.07, 6.45) is 5.33. The highest BCUT2D eigenvalue weighted by Crippen LogP contribution is 2.44. The van der Waals surface area contributed by atoms with Gasteiger partial charge in [-0.05, 0) is 85.2 Å². The highest BCUT2D eigenvalue weighted by molar-refractivity contribution is 6.35. The van der Waals surface area contributed by atoms with Crippen molar-refractivity contribution in [2.24, 2.45) is 0 Å². The van der Waals surface area contributed by atoms with Crippen LogP contribution < -0.4 is 15.0 Å². The number of fused-ring (bicyclic) bond motifs is 5. The number of ether oxygens (including phenoxy) is 1. The highest BCUT2D eigenvalue weighted by atomic mass is 35.5. The monoisotopic (exact) mass is 633 g/mol. The summed E-state index contributed by atoms with van der Waals surface area (Å²) in [4.78, 5) is 14.0. The van der Waals surface area contributed by atoms with Crippen molar-refractivity contribution in [2.75, 3.05) is 37.7 Å². The molecule has 0 aliphatic carbocycles. The first kappa shape index (κ1) is 29.2. The van der Waals surface area contributed by atoms with E-state index in [4.69, 9.17) is 21.3 Å². The van der Waals surface area contributed by atoms with Gasteiger partial charge in [0, 0.05) is 49.1 Å². The molecule has 0 spiro atoms. The fraction of sp³-hybridized carbons (Fsp3) is 0.486. The predicted octanol–water partition coefficient (Wildman–Crippen LogP) is 6.80. The third-order valence-electron chi connectivity index (χ3n) is 10.6. The van der Waals surface area contributed by atoms with Crippen LogP contribution in [0.2, 0.25) is 5.02 Å². The summed E-state index contributed by atoms with van der Waals surface area (Å²) in [5.74, 6) is 0.0508. The van der Waals surface area contributed by atoms with Gasteiger partial charge >= 0.3 is 6.01 Å². The number of halogens is 3. The number of hydrogen-bond acceptors (Lipinski definition) is 7. The first-order valence-corrected chi connectivity index (χ1v) is 16.7. The van der Waals surface area contributed by atoms with Crippen LogP contribution in [0.1, 0.15) is 51.0 Å². The number of aromatic nitrogens is 2. The van der Waals surface area contributed by atoms with Gasteiger partial charge in [-0.25, -0.2) is 8.78 Å². The Hall–Kier alpha value is -3.27. The van der Waals surface area contributed by atoms with Crippen molar-refractivity contribution in [3.8, 4) is 22.9 Å². The number of nitrogens with one attached hydrogen (secondary N) is 1. The average molecular weight is 634 g/mol. The van der Waals surface area contributed by atoms with Gasteiger partial charge in [0.25, 0.3) is 0 Å². The van der Waals surface area contributed by atoms with E-state index in [-0.39, 0.29) is 40.0 Å². The molecule has 4 atom stereocenters. The van der Waals surface area contributed by atoms with Crippen LogP contribution in [-0.2, 0) is 6.42 Å². The van der Waals surface area contributed by atoms with Gasteiger partial charge in [-0.3, -0.25) is 4.90 Å². The van der Waals surface area contributed by atoms with Gasteiger partial charge in [0.15, 0.2) is 5.82 Å². The molecule has 8 rings (SSSR count). The zero-order valence-electron chi connectivity index (χ0n) is 25.5. The lowest BCUT2D eigenvalue weighted by atomic mass is 9.92. The second kappa shape index (κ2) is 11.2. The Balaban J connectivity index is 1.29. The maximum Gasteiger partial charge on any atom is 0.319 e. The van der Waals surface area contributed by atoms with Crippen LogP contribution >= 0.6 is 11.6 Å². The summed E-state index contributed by atoms with van der Waals surface area (Å²) >= 11 is 6.98. The molecule has 10 heteroatoms. The van der Waals surface area contributed by atoms with Crippen molar-refractivity contribution in [3.63, 3.8) is 0 Å². The quantitative estimate of drug-likeness (QED) is 0.242. The average Bonchev–Trinajstić information content (AvgIpc) is 3.66. The van der Waals surface area contributed by atoms with Crippen molar-refractivity contribution < 1.29 is 18.6 Å². The highest BCUT2D eigenvalue weighted by Gasteiger charge is 2.49. The van der Waals surface area contributed by atoms with Crippen molar-refractivity contribution in [3.05, 3.63) is 52.8 Å². The van der Waals surface area contributed by atoms with Gasteiger partial charge in [-0.2, -0.15) is 9.97 Å². The summed E-state index contributed by atoms with van der Waals surface area (Å²) in [7, 11) is 0. The van der Waals surface area contributed by atoms with Gasteiger partial charge in [0.2, 0.25) is 0 Å². The molecule has 1 unspecified atom stereocenters. The Morgan fingerprint density at radius 2 is 1.98 bits per heavy atom. The molecule has 1 aromatic heterocycles. The Kier molecular flexibility index (Phi) is 7.26. The predicted molar refractivity (Wildman–Crippen MR) is 174 cm³/mol. The zero-order chi connectivity index (χ0) is 30.9. The minimum atomic E-state index is -0.880. The van der Waals surface area contributed by atoms with Crippen LogP contribution in [0.4, 0.5) is 14.6 Å². The molecule has 236 valence electrons. The van der Waals surface area contributed by atoms with E-state index in [1.165, 1.54) is 0 Å². The van der Waals surface area contributed by atoms with Crippen molar-refractivity contribution in [2.45, 2.75) is 75.7 Å². The first-order chi connectivity index (χ1) is 21.8. The zero-order valence-corrected chi connectivity index (χ0v) is 26.2. The van der Waals surface area contributed by atoms with Crippen LogP contribution in [0, 0.1) is 5.82 Å². The lowest BCUT2D eigenvalue weighted by Gasteiger charge is -2.31. The molecule has 0 radical (unpaired) electrons. The molecule has 45 heavy (non-hydrogen) atoms. The van der Waals surface area contributed by atoms with E-state index in [0.717, 1.165) is 74.5 Å². The number of aryl methyl sites for hydroxylation is 1. The summed E-state index contributed by atoms with van der Waals surface area (Å²) in [6, 6.07) is 11.8. The Labute approximate surface area is 266 Å². The second-order valence-corrected chi connectivity index (χ2v) is 13.8. The van der Waals surface area contributed by atoms with Crippen LogP contribution in [0.5, 0.6) is 11.8 Å². The number of rotatable bonds is 6. The first-order valence-electron chi connectivity index (χ1n) is 16.3. The van der Waals surface area contributed by atoms with E-state index in [2.05, 4.69) is 27.0 Å². The molecular weight excluding hydrogens is 596 g/mol. The molecule has 4 aliphatic rings. The fourth-order valence-corrected chi connectivity index (χ4v) is 8.77. The molecule has 5 heterocycles. The van der Waals surface area contributed by atoms with Gasteiger partial charge < -0.3 is 20.1 Å². The Morgan fingerprint density at radius 1 is 1.11 bits per heavy atom. The summed E-state index contributed by atoms with van der Waals surface area (Å²) in [5.41, 5.74) is 1.48. The van der Waals surface area contributed by atoms with E-state index < -0.39 is 12.0 Å². The van der Waals surface area contributed by atoms with Crippen molar-refractivity contribution in [1.29, 1.82) is 0 Å². The largest absolute Gasteiger partial charge is 0.508 e. The number of aromatic hydroxyl groups is 1. The van der Waals surface area contributed by atoms with Crippen LogP contribution in [-0.4, -0.2) is 76.6 Å². The Bertz CT molecular complexity index is 1810. The number of phenolic OH excluding ortho intramolecular Hbond substituents is 1. The summed E-state index contributed by atoms with van der Waals surface area (Å²) in [5, 5.41) is 16.8. The van der Waals surface area contributed by atoms with E-state index in [0.29, 0.717) is 41.8 Å². The van der Waals surface area contributed by atoms with Crippen LogP contribution in [0.25, 0.3) is 32.8 Å². The maximum atomic E-state index is 17.1. The molecule has 3 aromatic carbocycles. The lowest BCUT2D eigenvalue weighted by Crippen LogP contribution is -2.43. The molecule has 4 fully saturated rings. The maximum absolute atomic E-state index is 17.1. The third-order valence-corrected chi connectivity index (χ3v) is 10.9. The SMILES string of the molecule is CCc1cccc2cc(O)cc(-c3c(Cl)cc4c(N5CC[C@H]6CCC(C5)N6)nc(OC[C@]56CCCN5C[C@@H](F)C6)nc4c3F)c12. The van der Waals surface area contributed by atoms with Crippen LogP contribution in [0.15, 0.2) is 36.4 Å². The molecule has 4 aliphatic heterocycles. The normalized spacial score (nSPS) is 26.6. The number of anilines is 1. The minimum Gasteiger partial charge on any atom is -0.508 e. The fourth-order valence-electron chi connectivity index (χ4n) is 8.48. The van der Waals surface area contributed by atoms with Crippen molar-refractivity contribution >= 4 is 39.1 Å². The molecule has 2 bridgehead atoms. The molecule has 0 amide bonds. The molecule has 2 N–H and O–H groups in total. The molecule has 4 saturated heterocycles. The van der Waals surface area contributed by atoms with Gasteiger partial charge in [-0.1, -0.05) is 36.7 Å². The van der Waals surface area contributed by atoms with Gasteiger partial charge in [-0.15, -0.1) is 0 Å². The van der Waals surface area contributed by atoms with Gasteiger partial charge in [0.05, 0.1) is 10.6 Å². The van der Waals surface area contributed by atoms with E-state index in [9.17, 15) is 9.50 Å². The molecular formula is C35H38ClF2N5O2. The topological polar surface area (TPSA) is 73.8 Å². The number of hydrogen-bond donors (Lipinski definition) is 2. The van der Waals surface area contributed by atoms with Crippen molar-refractivity contribution in [1.82, 2.24) is 20.2 Å². The van der Waals surface area contributed by atoms with Crippen LogP contribution in [0.3, 0.4) is 0 Å². The van der Waals surface area contributed by atoms with Gasteiger partial charge in [0.1, 0.15) is 29.9 Å². The molecule has 4 aromatic rings. The Morgan fingerprint density at radius 3 is 2.84 bits per heavy atom. The molecule has 7 nitrogen and oxygen atoms in total. The van der Waals surface area contributed by atoms with E-state index >= 15 is 4.39 Å². The lowest BCUT2D eigenvalue weighted by molar-refractivity contribution is 0.107. The number of alkyl halides is 1. The summed E-state index contributed by atoms with van der Waals surface area (Å²) < 4.78 is 37.9. The number of nitrogens with zero attached hydrogens (tertiary/aromatic N) is 4. The number of benzene rings is 3. The standard InChI is InChI=1S/C35H38ClF2N5O2/c1-2-20-5-3-6-21-13-25(44)14-26(29(20)21)30-28(36)15-27-32(31(30)38)40-34(45-19-35-10-4-11-43(35)17-22(37)16-35)41-33(27)42-12-9-23-7-8-24(18-42)39-23/h3,5-6,13-15,22-24,39,44H,2,4,7-12,16-19H2,1H3/t22-,23+,24?,35+/m0/s1. The minimum absolute atomic E-state index is 0.0314. The molecule has 0 saturated carbocycles. The number of phenols is 1. The second-order valence-electron chi connectivity index (χ2n) is 13.4. The van der Waals surface area contributed by atoms with E-state index in [1.54, 1.807) is 18.2 Å². The third kappa shape index (κ3) is 4.98.